The Bertz CT molecular complexity index is 223. The molecule has 1 aliphatic carbocycles. The van der Waals surface area contributed by atoms with Crippen LogP contribution in [0.5, 0.6) is 0 Å². The van der Waals surface area contributed by atoms with E-state index in [0.29, 0.717) is 0 Å². The van der Waals surface area contributed by atoms with Crippen molar-refractivity contribution < 1.29 is 5.11 Å². The first-order valence-corrected chi connectivity index (χ1v) is 5.59. The number of aliphatic hydroxyl groups is 1. The first-order valence-electron chi connectivity index (χ1n) is 5.59. The van der Waals surface area contributed by atoms with Gasteiger partial charge in [0.15, 0.2) is 0 Å². The average Bonchev–Trinajstić information content (AvgIpc) is 2.01. The van der Waals surface area contributed by atoms with Gasteiger partial charge in [-0.25, -0.2) is 0 Å². The average molecular weight is 198 g/mol. The first-order chi connectivity index (χ1) is 6.37. The summed E-state index contributed by atoms with van der Waals surface area (Å²) < 4.78 is 0. The van der Waals surface area contributed by atoms with Gasteiger partial charge < -0.3 is 16.2 Å². The fourth-order valence-corrected chi connectivity index (χ4v) is 3.22. The number of nitrogens with two attached hydrogens (primary N) is 1. The van der Waals surface area contributed by atoms with Crippen molar-refractivity contribution in [2.24, 2.45) is 11.1 Å². The van der Waals surface area contributed by atoms with Gasteiger partial charge in [0, 0.05) is 5.54 Å². The molecule has 82 valence electrons. The molecule has 4 N–H and O–H groups in total. The molecule has 0 bridgehead atoms. The van der Waals surface area contributed by atoms with Crippen molar-refractivity contribution in [1.82, 2.24) is 5.32 Å². The maximum absolute atomic E-state index is 10.5. The van der Waals surface area contributed by atoms with Crippen molar-refractivity contribution in [3.63, 3.8) is 0 Å². The second-order valence-corrected chi connectivity index (χ2v) is 5.96. The van der Waals surface area contributed by atoms with E-state index in [2.05, 4.69) is 19.2 Å². The van der Waals surface area contributed by atoms with E-state index in [-0.39, 0.29) is 11.0 Å². The lowest BCUT2D eigenvalue weighted by atomic mass is 9.53. The Labute approximate surface area is 86.1 Å². The summed E-state index contributed by atoms with van der Waals surface area (Å²) in [5.41, 5.74) is 5.68. The minimum Gasteiger partial charge on any atom is -0.388 e. The summed E-state index contributed by atoms with van der Waals surface area (Å²) in [6.07, 6.45) is 3.52. The Morgan fingerprint density at radius 3 is 2.07 bits per heavy atom. The molecular formula is C11H22N2O. The molecule has 0 unspecified atom stereocenters. The molecule has 0 aromatic heterocycles. The minimum atomic E-state index is -0.599. The van der Waals surface area contributed by atoms with E-state index in [0.717, 1.165) is 38.8 Å². The van der Waals surface area contributed by atoms with Crippen LogP contribution in [0.3, 0.4) is 0 Å². The van der Waals surface area contributed by atoms with Gasteiger partial charge in [0.05, 0.1) is 5.60 Å². The molecule has 3 nitrogen and oxygen atoms in total. The molecule has 1 heterocycles. The molecule has 0 amide bonds. The number of nitrogens with one attached hydrogen (secondary N) is 1. The molecule has 0 aromatic carbocycles. The Balaban J connectivity index is 2.07. The summed E-state index contributed by atoms with van der Waals surface area (Å²) in [4.78, 5) is 0. The molecule has 2 rings (SSSR count). The summed E-state index contributed by atoms with van der Waals surface area (Å²) in [6, 6.07) is 0. The highest BCUT2D eigenvalue weighted by atomic mass is 16.3. The number of rotatable bonds is 1. The van der Waals surface area contributed by atoms with Gasteiger partial charge in [0.1, 0.15) is 0 Å². The molecule has 1 aliphatic heterocycles. The lowest BCUT2D eigenvalue weighted by Gasteiger charge is -2.59. The number of hydrogen-bond donors (Lipinski definition) is 3. The molecule has 14 heavy (non-hydrogen) atoms. The number of piperidine rings is 1. The SMILES string of the molecule is CC1(C)CC(O)(C2(N)CCNCC2)C1. The lowest BCUT2D eigenvalue weighted by Crippen LogP contribution is -2.70. The molecule has 3 heteroatoms. The van der Waals surface area contributed by atoms with E-state index in [9.17, 15) is 5.11 Å². The molecule has 0 radical (unpaired) electrons. The first kappa shape index (κ1) is 10.4. The van der Waals surface area contributed by atoms with Crippen LogP contribution in [0.2, 0.25) is 0 Å². The van der Waals surface area contributed by atoms with Crippen molar-refractivity contribution in [1.29, 1.82) is 0 Å². The summed E-state index contributed by atoms with van der Waals surface area (Å²) in [6.45, 7) is 6.29. The van der Waals surface area contributed by atoms with E-state index < -0.39 is 5.60 Å². The fourth-order valence-electron chi connectivity index (χ4n) is 3.22. The normalized spacial score (nSPS) is 33.4. The van der Waals surface area contributed by atoms with Crippen LogP contribution in [0, 0.1) is 5.41 Å². The smallest absolute Gasteiger partial charge is 0.0837 e. The van der Waals surface area contributed by atoms with E-state index in [1.807, 2.05) is 0 Å². The van der Waals surface area contributed by atoms with Crippen LogP contribution >= 0.6 is 0 Å². The minimum absolute atomic E-state index is 0.284. The zero-order chi connectivity index (χ0) is 10.4. The second kappa shape index (κ2) is 2.94. The van der Waals surface area contributed by atoms with Crippen LogP contribution in [0.15, 0.2) is 0 Å². The molecule has 2 fully saturated rings. The third kappa shape index (κ3) is 1.47. The van der Waals surface area contributed by atoms with Crippen molar-refractivity contribution >= 4 is 0 Å². The molecule has 1 saturated heterocycles. The van der Waals surface area contributed by atoms with Crippen molar-refractivity contribution in [2.75, 3.05) is 13.1 Å². The van der Waals surface area contributed by atoms with E-state index in [4.69, 9.17) is 5.73 Å². The lowest BCUT2D eigenvalue weighted by molar-refractivity contribution is -0.167. The van der Waals surface area contributed by atoms with Gasteiger partial charge in [-0.05, 0) is 44.2 Å². The highest BCUT2D eigenvalue weighted by molar-refractivity contribution is 5.14. The third-order valence-electron chi connectivity index (χ3n) is 3.96. The fraction of sp³-hybridized carbons (Fsp3) is 1.00. The van der Waals surface area contributed by atoms with Crippen LogP contribution in [0.4, 0.5) is 0 Å². The van der Waals surface area contributed by atoms with Gasteiger partial charge in [-0.15, -0.1) is 0 Å². The third-order valence-corrected chi connectivity index (χ3v) is 3.96. The number of hydrogen-bond acceptors (Lipinski definition) is 3. The predicted molar refractivity (Wildman–Crippen MR) is 57.0 cm³/mol. The Kier molecular flexibility index (Phi) is 2.18. The van der Waals surface area contributed by atoms with Crippen molar-refractivity contribution in [2.45, 2.75) is 50.7 Å². The van der Waals surface area contributed by atoms with Crippen LogP contribution in [0.25, 0.3) is 0 Å². The quantitative estimate of drug-likeness (QED) is 0.579. The highest BCUT2D eigenvalue weighted by Crippen LogP contribution is 2.53. The molecule has 2 aliphatic rings. The van der Waals surface area contributed by atoms with Gasteiger partial charge in [0.2, 0.25) is 0 Å². The van der Waals surface area contributed by atoms with Gasteiger partial charge >= 0.3 is 0 Å². The zero-order valence-electron chi connectivity index (χ0n) is 9.27. The zero-order valence-corrected chi connectivity index (χ0v) is 9.27. The van der Waals surface area contributed by atoms with E-state index in [1.165, 1.54) is 0 Å². The van der Waals surface area contributed by atoms with Gasteiger partial charge in [-0.1, -0.05) is 13.8 Å². The maximum atomic E-state index is 10.5. The predicted octanol–water partition coefficient (Wildman–Crippen LogP) is 0.618. The summed E-state index contributed by atoms with van der Waals surface area (Å²) in [7, 11) is 0. The Morgan fingerprint density at radius 2 is 1.64 bits per heavy atom. The van der Waals surface area contributed by atoms with Crippen LogP contribution in [-0.4, -0.2) is 29.3 Å². The summed E-state index contributed by atoms with van der Waals surface area (Å²) >= 11 is 0. The standard InChI is InChI=1S/C11H22N2O/c1-9(2)7-11(14,8-9)10(12)3-5-13-6-4-10/h13-14H,3-8,12H2,1-2H3. The maximum Gasteiger partial charge on any atom is 0.0837 e. The highest BCUT2D eigenvalue weighted by Gasteiger charge is 2.58. The Morgan fingerprint density at radius 1 is 1.14 bits per heavy atom. The Hall–Kier alpha value is -0.120. The van der Waals surface area contributed by atoms with E-state index >= 15 is 0 Å². The largest absolute Gasteiger partial charge is 0.388 e. The molecule has 0 atom stereocenters. The summed E-state index contributed by atoms with van der Waals surface area (Å²) in [5, 5.41) is 13.8. The molecular weight excluding hydrogens is 176 g/mol. The summed E-state index contributed by atoms with van der Waals surface area (Å²) in [5.74, 6) is 0. The topological polar surface area (TPSA) is 58.3 Å². The monoisotopic (exact) mass is 198 g/mol. The molecule has 1 saturated carbocycles. The second-order valence-electron chi connectivity index (χ2n) is 5.96. The van der Waals surface area contributed by atoms with Crippen LogP contribution < -0.4 is 11.1 Å². The van der Waals surface area contributed by atoms with Gasteiger partial charge in [-0.3, -0.25) is 0 Å². The van der Waals surface area contributed by atoms with Crippen molar-refractivity contribution in [3.05, 3.63) is 0 Å². The van der Waals surface area contributed by atoms with E-state index in [1.54, 1.807) is 0 Å². The van der Waals surface area contributed by atoms with Crippen molar-refractivity contribution in [3.8, 4) is 0 Å². The van der Waals surface area contributed by atoms with Crippen LogP contribution in [-0.2, 0) is 0 Å². The van der Waals surface area contributed by atoms with Gasteiger partial charge in [-0.2, -0.15) is 0 Å². The molecule has 0 aromatic rings. The molecule has 0 spiro atoms. The van der Waals surface area contributed by atoms with Gasteiger partial charge in [0.25, 0.3) is 0 Å². The van der Waals surface area contributed by atoms with Crippen LogP contribution in [0.1, 0.15) is 39.5 Å².